The van der Waals surface area contributed by atoms with Crippen molar-refractivity contribution in [3.05, 3.63) is 29.3 Å². The van der Waals surface area contributed by atoms with E-state index in [1.54, 1.807) is 0 Å². The van der Waals surface area contributed by atoms with Crippen LogP contribution in [0.3, 0.4) is 0 Å². The quantitative estimate of drug-likeness (QED) is 0.768. The molecule has 5 heteroatoms. The van der Waals surface area contributed by atoms with Crippen LogP contribution in [0.1, 0.15) is 51.3 Å². The lowest BCUT2D eigenvalue weighted by molar-refractivity contribution is 0.00578. The van der Waals surface area contributed by atoms with Crippen LogP contribution in [-0.4, -0.2) is 28.8 Å². The molecule has 1 aromatic carbocycles. The van der Waals surface area contributed by atoms with Crippen molar-refractivity contribution in [1.82, 2.24) is 0 Å². The molecule has 0 amide bonds. The van der Waals surface area contributed by atoms with Gasteiger partial charge in [0.25, 0.3) is 0 Å². The van der Waals surface area contributed by atoms with Crippen LogP contribution in [0.4, 0.5) is 0 Å². The monoisotopic (exact) mass is 290 g/mol. The maximum absolute atomic E-state index is 6.19. The number of hydrogen-bond acceptors (Lipinski definition) is 3. The molecule has 3 nitrogen and oxygen atoms in total. The summed E-state index contributed by atoms with van der Waals surface area (Å²) in [6, 6.07) is 6.41. The van der Waals surface area contributed by atoms with Crippen molar-refractivity contribution >= 4 is 23.1 Å². The highest BCUT2D eigenvalue weighted by Crippen LogP contribution is 2.38. The molecule has 0 spiro atoms. The molecule has 0 aromatic heterocycles. The Morgan fingerprint density at radius 1 is 1.20 bits per heavy atom. The topological polar surface area (TPSA) is 27.7 Å². The van der Waals surface area contributed by atoms with E-state index in [0.717, 1.165) is 23.3 Å². The molecule has 0 radical (unpaired) electrons. The van der Waals surface area contributed by atoms with E-state index in [2.05, 4.69) is 45.9 Å². The van der Waals surface area contributed by atoms with E-state index in [1.807, 2.05) is 0 Å². The van der Waals surface area contributed by atoms with E-state index in [0.29, 0.717) is 0 Å². The summed E-state index contributed by atoms with van der Waals surface area (Å²) < 4.78 is 18.1. The van der Waals surface area contributed by atoms with Crippen molar-refractivity contribution in [2.24, 2.45) is 0 Å². The first kappa shape index (κ1) is 14.3. The second-order valence-electron chi connectivity index (χ2n) is 6.77. The van der Waals surface area contributed by atoms with E-state index < -0.39 is 0 Å². The zero-order valence-corrected chi connectivity index (χ0v) is 15.0. The van der Waals surface area contributed by atoms with Gasteiger partial charge in [0.15, 0.2) is 0 Å². The fraction of sp³-hybridized carbons (Fsp3) is 0.600. The summed E-state index contributed by atoms with van der Waals surface area (Å²) >= 11 is 0. The van der Waals surface area contributed by atoms with Gasteiger partial charge in [-0.3, -0.25) is 0 Å². The summed E-state index contributed by atoms with van der Waals surface area (Å²) in [7, 11) is 0.519. The molecule has 1 aliphatic carbocycles. The van der Waals surface area contributed by atoms with Crippen LogP contribution in [-0.2, 0) is 20.2 Å². The van der Waals surface area contributed by atoms with Crippen molar-refractivity contribution in [1.29, 1.82) is 0 Å². The molecule has 1 heterocycles. The van der Waals surface area contributed by atoms with Crippen LogP contribution in [0.25, 0.3) is 0 Å². The molecule has 1 atom stereocenters. The molecule has 2 aliphatic rings. The fourth-order valence-electron chi connectivity index (χ4n) is 3.08. The molecule has 20 heavy (non-hydrogen) atoms. The molecule has 1 saturated heterocycles. The molecule has 1 aromatic rings. The predicted octanol–water partition coefficient (Wildman–Crippen LogP) is 1.27. The van der Waals surface area contributed by atoms with E-state index in [-0.39, 0.29) is 24.4 Å². The van der Waals surface area contributed by atoms with Gasteiger partial charge in [0.1, 0.15) is 10.5 Å². The molecule has 108 valence electrons. The lowest BCUT2D eigenvalue weighted by Gasteiger charge is -2.32. The van der Waals surface area contributed by atoms with Crippen LogP contribution >= 0.6 is 0 Å². The van der Waals surface area contributed by atoms with E-state index >= 15 is 0 Å². The summed E-state index contributed by atoms with van der Waals surface area (Å²) in [5.74, 6) is 0. The van der Waals surface area contributed by atoms with Crippen molar-refractivity contribution < 1.29 is 13.7 Å². The average Bonchev–Trinajstić information content (AvgIpc) is 2.88. The van der Waals surface area contributed by atoms with Crippen LogP contribution < -0.4 is 5.46 Å². The molecule has 0 saturated carbocycles. The first-order valence-electron chi connectivity index (χ1n) is 7.36. The second kappa shape index (κ2) is 4.70. The fourth-order valence-corrected chi connectivity index (χ4v) is 3.57. The Morgan fingerprint density at radius 3 is 2.45 bits per heavy atom. The van der Waals surface area contributed by atoms with Gasteiger partial charge >= 0.3 is 7.12 Å². The SMILES string of the molecule is CC1(C)OB(c2cccc3c2CCC3O[SiH3])OC1(C)C. The Labute approximate surface area is 124 Å². The van der Waals surface area contributed by atoms with Gasteiger partial charge in [-0.1, -0.05) is 18.2 Å². The normalized spacial score (nSPS) is 27.0. The number of benzene rings is 1. The van der Waals surface area contributed by atoms with Gasteiger partial charge in [-0.05, 0) is 57.1 Å². The van der Waals surface area contributed by atoms with Crippen LogP contribution in [0.2, 0.25) is 0 Å². The number of hydrogen-bond donors (Lipinski definition) is 0. The third-order valence-electron chi connectivity index (χ3n) is 5.04. The zero-order chi connectivity index (χ0) is 14.5. The highest BCUT2D eigenvalue weighted by molar-refractivity contribution is 6.62. The molecule has 1 unspecified atom stereocenters. The smallest absolute Gasteiger partial charge is 0.421 e. The lowest BCUT2D eigenvalue weighted by atomic mass is 9.75. The third-order valence-corrected chi connectivity index (χ3v) is 5.61. The van der Waals surface area contributed by atoms with E-state index in [9.17, 15) is 0 Å². The maximum atomic E-state index is 6.19. The van der Waals surface area contributed by atoms with Crippen molar-refractivity contribution in [3.8, 4) is 0 Å². The largest absolute Gasteiger partial charge is 0.495 e. The molecular weight excluding hydrogens is 267 g/mol. The summed E-state index contributed by atoms with van der Waals surface area (Å²) in [6.07, 6.45) is 2.41. The van der Waals surface area contributed by atoms with Crippen LogP contribution in [0.15, 0.2) is 18.2 Å². The Hall–Kier alpha value is -0.618. The van der Waals surface area contributed by atoms with Gasteiger partial charge in [-0.2, -0.15) is 0 Å². The van der Waals surface area contributed by atoms with Gasteiger partial charge in [0, 0.05) is 0 Å². The lowest BCUT2D eigenvalue weighted by Crippen LogP contribution is -2.41. The predicted molar refractivity (Wildman–Crippen MR) is 84.2 cm³/mol. The highest BCUT2D eigenvalue weighted by atomic mass is 28.2. The standard InChI is InChI=1S/C15H23BO3Si/c1-14(2)15(3,4)19-16(18-14)12-7-5-6-11-10(12)8-9-13(11)17-20/h5-7,13H,8-9H2,1-4,20H3. The summed E-state index contributed by atoms with van der Waals surface area (Å²) in [5.41, 5.74) is 3.31. The van der Waals surface area contributed by atoms with Crippen molar-refractivity contribution in [3.63, 3.8) is 0 Å². The van der Waals surface area contributed by atoms with E-state index in [1.165, 1.54) is 16.6 Å². The summed E-state index contributed by atoms with van der Waals surface area (Å²) in [5, 5.41) is 0. The molecule has 1 aliphatic heterocycles. The molecule has 0 bridgehead atoms. The highest BCUT2D eigenvalue weighted by Gasteiger charge is 2.52. The van der Waals surface area contributed by atoms with Crippen molar-refractivity contribution in [2.45, 2.75) is 57.8 Å². The Balaban J connectivity index is 1.96. The Bertz CT molecular complexity index is 514. The maximum Gasteiger partial charge on any atom is 0.495 e. The van der Waals surface area contributed by atoms with Gasteiger partial charge in [0.05, 0.1) is 17.3 Å². The van der Waals surface area contributed by atoms with Gasteiger partial charge in [-0.25, -0.2) is 0 Å². The Kier molecular flexibility index (Phi) is 3.36. The first-order chi connectivity index (χ1) is 9.36. The van der Waals surface area contributed by atoms with Gasteiger partial charge in [-0.15, -0.1) is 0 Å². The number of rotatable bonds is 2. The molecule has 3 rings (SSSR count). The third kappa shape index (κ3) is 2.08. The van der Waals surface area contributed by atoms with Crippen molar-refractivity contribution in [2.75, 3.05) is 0 Å². The number of fused-ring (bicyclic) bond motifs is 1. The molecule has 1 fully saturated rings. The van der Waals surface area contributed by atoms with Crippen LogP contribution in [0, 0.1) is 0 Å². The summed E-state index contributed by atoms with van der Waals surface area (Å²) in [4.78, 5) is 0. The minimum atomic E-state index is -0.285. The van der Waals surface area contributed by atoms with Gasteiger partial charge < -0.3 is 13.7 Å². The minimum Gasteiger partial charge on any atom is -0.421 e. The first-order valence-corrected chi connectivity index (χ1v) is 8.17. The molecular formula is C15H23BO3Si. The molecule has 0 N–H and O–H groups in total. The summed E-state index contributed by atoms with van der Waals surface area (Å²) in [6.45, 7) is 8.39. The minimum absolute atomic E-state index is 0.261. The average molecular weight is 290 g/mol. The van der Waals surface area contributed by atoms with E-state index in [4.69, 9.17) is 13.7 Å². The van der Waals surface area contributed by atoms with Crippen LogP contribution in [0.5, 0.6) is 0 Å². The Morgan fingerprint density at radius 2 is 1.85 bits per heavy atom. The zero-order valence-electron chi connectivity index (χ0n) is 13.0. The second-order valence-corrected chi connectivity index (χ2v) is 7.24. The van der Waals surface area contributed by atoms with Gasteiger partial charge in [0.2, 0.25) is 0 Å².